The van der Waals surface area contributed by atoms with E-state index in [4.69, 9.17) is 14.7 Å². The van der Waals surface area contributed by atoms with Crippen molar-refractivity contribution in [1.82, 2.24) is 9.97 Å². The molecule has 7 aromatic carbocycles. The Morgan fingerprint density at radius 1 is 0.554 bits per heavy atom. The first kappa shape index (κ1) is 42.5. The molecule has 2 aliphatic heterocycles. The van der Waals surface area contributed by atoms with Gasteiger partial charge in [-0.3, -0.25) is 0 Å². The molecule has 320 valence electrons. The summed E-state index contributed by atoms with van der Waals surface area (Å²) < 4.78 is 8.99. The van der Waals surface area contributed by atoms with Gasteiger partial charge >= 0.3 is 245 Å². The van der Waals surface area contributed by atoms with Gasteiger partial charge in [-0.15, -0.1) is 0 Å². The minimum atomic E-state index is -0.773. The van der Waals surface area contributed by atoms with Gasteiger partial charge in [-0.05, 0) is 28.3 Å². The Balaban J connectivity index is 0.00000498. The Hall–Kier alpha value is -6.48. The van der Waals surface area contributed by atoms with Crippen LogP contribution in [0.4, 0.5) is 39.9 Å². The van der Waals surface area contributed by atoms with Crippen molar-refractivity contribution in [2.45, 2.75) is 26.2 Å². The fraction of sp³-hybridized carbons (Fsp3) is 0.0702. The molecule has 2 aromatic heterocycles. The summed E-state index contributed by atoms with van der Waals surface area (Å²) in [6.45, 7) is 8.86. The molecule has 0 saturated carbocycles. The standard InChI is InChI=1S/C57H42N5OTe.Pt/c1-57(2,3)43-31-32-58-54(34-43)62-51-29-12-13-30-53(51)64-56-52(62)36-46(37-59-56)63-45-24-15-23-44(35-45)60-38-61(50-28-11-10-27-49(50)60)55-47(40-19-8-5-9-20-40)25-16-26-48(55)42-22-14-21-41(33-42)39-17-6-4-7-18-39;/h4-34,37-38H,1-3H3;/q-3;. The van der Waals surface area contributed by atoms with E-state index in [2.05, 4.69) is 224 Å². The monoisotopic (exact) mass is 1140 g/mol. The van der Waals surface area contributed by atoms with E-state index in [0.717, 1.165) is 65.9 Å². The van der Waals surface area contributed by atoms with Gasteiger partial charge in [0.1, 0.15) is 0 Å². The normalized spacial score (nSPS) is 12.8. The molecule has 0 atom stereocenters. The molecule has 65 heavy (non-hydrogen) atoms. The fourth-order valence-electron chi connectivity index (χ4n) is 8.48. The maximum absolute atomic E-state index is 6.64. The molecule has 11 rings (SSSR count). The molecule has 8 heteroatoms. The van der Waals surface area contributed by atoms with E-state index in [-0.39, 0.29) is 26.5 Å². The third kappa shape index (κ3) is 8.26. The zero-order valence-electron chi connectivity index (χ0n) is 35.9. The van der Waals surface area contributed by atoms with Gasteiger partial charge < -0.3 is 0 Å². The summed E-state index contributed by atoms with van der Waals surface area (Å²) in [6.07, 6.45) is 3.69. The van der Waals surface area contributed by atoms with Crippen molar-refractivity contribution in [1.29, 1.82) is 0 Å². The number of hydrogen-bond donors (Lipinski definition) is 0. The van der Waals surface area contributed by atoms with Crippen LogP contribution in [-0.2, 0) is 26.5 Å². The zero-order valence-corrected chi connectivity index (χ0v) is 40.5. The first-order valence-electron chi connectivity index (χ1n) is 21.4. The summed E-state index contributed by atoms with van der Waals surface area (Å²) in [5, 5.41) is 0. The molecule has 0 amide bonds. The molecule has 0 bridgehead atoms. The van der Waals surface area contributed by atoms with Gasteiger partial charge in [0.05, 0.1) is 0 Å². The van der Waals surface area contributed by atoms with Crippen LogP contribution in [0.15, 0.2) is 194 Å². The summed E-state index contributed by atoms with van der Waals surface area (Å²) in [7, 11) is 0. The molecule has 4 heterocycles. The molecule has 6 nitrogen and oxygen atoms in total. The van der Waals surface area contributed by atoms with Crippen LogP contribution in [0, 0.1) is 18.8 Å². The van der Waals surface area contributed by atoms with Crippen molar-refractivity contribution in [2.75, 3.05) is 14.7 Å². The van der Waals surface area contributed by atoms with Gasteiger partial charge in [0.2, 0.25) is 0 Å². The number of para-hydroxylation sites is 4. The van der Waals surface area contributed by atoms with Crippen LogP contribution < -0.4 is 26.8 Å². The quantitative estimate of drug-likeness (QED) is 0.112. The number of nitrogens with zero attached hydrogens (tertiary/aromatic N) is 5. The average Bonchev–Trinajstić information content (AvgIpc) is 3.73. The van der Waals surface area contributed by atoms with Crippen molar-refractivity contribution in [3.8, 4) is 44.9 Å². The topological polar surface area (TPSA) is 44.7 Å². The van der Waals surface area contributed by atoms with Crippen molar-refractivity contribution >= 4 is 68.2 Å². The summed E-state index contributed by atoms with van der Waals surface area (Å²) in [4.78, 5) is 16.6. The second-order valence-corrected chi connectivity index (χ2v) is 19.8. The minimum absolute atomic E-state index is 0. The number of hydrogen-bond acceptors (Lipinski definition) is 6. The van der Waals surface area contributed by atoms with E-state index in [9.17, 15) is 0 Å². The Morgan fingerprint density at radius 2 is 1.18 bits per heavy atom. The van der Waals surface area contributed by atoms with Crippen molar-refractivity contribution in [3.05, 3.63) is 219 Å². The molecule has 0 unspecified atom stereocenters. The Bertz CT molecular complexity index is 3170. The van der Waals surface area contributed by atoms with E-state index in [1.807, 2.05) is 18.3 Å². The van der Waals surface area contributed by atoms with Crippen molar-refractivity contribution in [2.24, 2.45) is 0 Å². The van der Waals surface area contributed by atoms with Crippen LogP contribution in [0.1, 0.15) is 26.3 Å². The molecule has 2 aliphatic rings. The zero-order chi connectivity index (χ0) is 43.2. The SMILES string of the molecule is CC(C)(C)c1ccnc(N2c3[c-]c(Oc4[c-]c(N5[CH-]N(c6c(-c7ccccc7)cccc6-c6cccc(-c7ccccc7)c6)c6ccccc65)ccc4)cnc3[Te]c3ccccc32)c1.[Pt]. The molecular weight excluding hydrogens is 1090 g/mol. The van der Waals surface area contributed by atoms with E-state index in [0.29, 0.717) is 11.5 Å². The molecule has 0 saturated heterocycles. The van der Waals surface area contributed by atoms with Gasteiger partial charge in [-0.25, -0.2) is 0 Å². The van der Waals surface area contributed by atoms with Gasteiger partial charge in [0, 0.05) is 32.2 Å². The number of aromatic nitrogens is 2. The Labute approximate surface area is 405 Å². The van der Waals surface area contributed by atoms with E-state index in [1.165, 1.54) is 20.3 Å². The summed E-state index contributed by atoms with van der Waals surface area (Å²) >= 11 is -0.773. The number of rotatable bonds is 8. The van der Waals surface area contributed by atoms with Crippen LogP contribution in [0.5, 0.6) is 11.5 Å². The maximum Gasteiger partial charge on any atom is 0 e. The van der Waals surface area contributed by atoms with Crippen LogP contribution in [0.25, 0.3) is 33.4 Å². The average molecular weight is 1140 g/mol. The molecule has 0 fully saturated rings. The number of benzene rings is 7. The van der Waals surface area contributed by atoms with Gasteiger partial charge in [0.15, 0.2) is 0 Å². The second kappa shape index (κ2) is 17.8. The van der Waals surface area contributed by atoms with E-state index >= 15 is 0 Å². The third-order valence-corrected chi connectivity index (χ3v) is 14.6. The van der Waals surface area contributed by atoms with Crippen molar-refractivity contribution < 1.29 is 25.8 Å². The van der Waals surface area contributed by atoms with Crippen LogP contribution in [0.3, 0.4) is 0 Å². The predicted molar refractivity (Wildman–Crippen MR) is 262 cm³/mol. The first-order chi connectivity index (χ1) is 31.4. The summed E-state index contributed by atoms with van der Waals surface area (Å²) in [5.74, 6) is 1.92. The number of ether oxygens (including phenoxy) is 1. The van der Waals surface area contributed by atoms with Crippen LogP contribution in [-0.4, -0.2) is 30.9 Å². The summed E-state index contributed by atoms with van der Waals surface area (Å²) in [6, 6.07) is 71.3. The van der Waals surface area contributed by atoms with E-state index in [1.54, 1.807) is 6.20 Å². The number of pyridine rings is 2. The molecular formula is C57H42N5OPtTe-3. The van der Waals surface area contributed by atoms with Crippen molar-refractivity contribution in [3.63, 3.8) is 0 Å². The van der Waals surface area contributed by atoms with Gasteiger partial charge in [-0.1, -0.05) is 103 Å². The van der Waals surface area contributed by atoms with Crippen LogP contribution >= 0.6 is 0 Å². The smallest absolute Gasteiger partial charge is 0 e. The third-order valence-electron chi connectivity index (χ3n) is 11.6. The maximum atomic E-state index is 6.64. The molecule has 9 aromatic rings. The second-order valence-electron chi connectivity index (χ2n) is 16.8. The van der Waals surface area contributed by atoms with Crippen LogP contribution in [0.2, 0.25) is 0 Å². The van der Waals surface area contributed by atoms with Gasteiger partial charge in [-0.2, -0.15) is 0 Å². The number of fused-ring (bicyclic) bond motifs is 3. The molecule has 0 N–H and O–H groups in total. The van der Waals surface area contributed by atoms with E-state index < -0.39 is 20.9 Å². The largest absolute Gasteiger partial charge is 0 e. The first-order valence-corrected chi connectivity index (χ1v) is 23.7. The minimum Gasteiger partial charge on any atom is 0 e. The fourth-order valence-corrected chi connectivity index (χ4v) is 11.2. The predicted octanol–water partition coefficient (Wildman–Crippen LogP) is 13.0. The Kier molecular flexibility index (Phi) is 11.6. The Morgan fingerprint density at radius 3 is 1.95 bits per heavy atom. The summed E-state index contributed by atoms with van der Waals surface area (Å²) in [5.41, 5.74) is 14.1. The van der Waals surface area contributed by atoms with Gasteiger partial charge in [0.25, 0.3) is 0 Å². The molecule has 0 radical (unpaired) electrons. The molecule has 0 aliphatic carbocycles. The number of anilines is 7. The molecule has 0 spiro atoms.